The van der Waals surface area contributed by atoms with Crippen LogP contribution in [0.3, 0.4) is 0 Å². The first-order chi connectivity index (χ1) is 15.8. The smallest absolute Gasteiger partial charge is 0.339 e. The number of nitrogens with zero attached hydrogens (tertiary/aromatic N) is 1. The number of rotatable bonds is 2. The van der Waals surface area contributed by atoms with Gasteiger partial charge in [0.1, 0.15) is 0 Å². The predicted octanol–water partition coefficient (Wildman–Crippen LogP) is 5.43. The SMILES string of the molecule is Cc1ccc(C2=CNC(=O)C23CCN(C(=O)c2cc(C(F)(F)F)cc(C(F)(F)F)c2)CC3)cc1. The molecule has 1 fully saturated rings. The molecule has 0 radical (unpaired) electrons. The van der Waals surface area contributed by atoms with Crippen LogP contribution in [0.25, 0.3) is 5.57 Å². The van der Waals surface area contributed by atoms with Crippen LogP contribution < -0.4 is 5.32 Å². The zero-order valence-corrected chi connectivity index (χ0v) is 18.0. The van der Waals surface area contributed by atoms with Crippen LogP contribution in [0.15, 0.2) is 48.7 Å². The van der Waals surface area contributed by atoms with Gasteiger partial charge in [0, 0.05) is 24.9 Å². The summed E-state index contributed by atoms with van der Waals surface area (Å²) >= 11 is 0. The molecule has 10 heteroatoms. The van der Waals surface area contributed by atoms with Gasteiger partial charge in [0.05, 0.1) is 16.5 Å². The lowest BCUT2D eigenvalue weighted by Gasteiger charge is -2.39. The van der Waals surface area contributed by atoms with Crippen molar-refractivity contribution in [3.05, 3.63) is 76.5 Å². The maximum Gasteiger partial charge on any atom is 0.416 e. The van der Waals surface area contributed by atoms with Crippen LogP contribution in [0.5, 0.6) is 0 Å². The van der Waals surface area contributed by atoms with Crippen molar-refractivity contribution in [2.45, 2.75) is 32.1 Å². The third-order valence-electron chi connectivity index (χ3n) is 6.40. The van der Waals surface area contributed by atoms with Crippen molar-refractivity contribution < 1.29 is 35.9 Å². The minimum Gasteiger partial charge on any atom is -0.339 e. The number of hydrogen-bond donors (Lipinski definition) is 1. The molecule has 34 heavy (non-hydrogen) atoms. The number of aryl methyl sites for hydroxylation is 1. The Labute approximate surface area is 191 Å². The molecule has 2 aliphatic rings. The van der Waals surface area contributed by atoms with Crippen LogP contribution in [0.1, 0.15) is 45.5 Å². The Kier molecular flexibility index (Phi) is 5.73. The first-order valence-electron chi connectivity index (χ1n) is 10.5. The number of carbonyl (C=O) groups is 2. The molecule has 0 saturated carbocycles. The lowest BCUT2D eigenvalue weighted by atomic mass is 9.71. The van der Waals surface area contributed by atoms with E-state index < -0.39 is 40.4 Å². The first kappa shape index (κ1) is 23.8. The zero-order chi connectivity index (χ0) is 24.9. The highest BCUT2D eigenvalue weighted by Crippen LogP contribution is 2.47. The van der Waals surface area contributed by atoms with Crippen molar-refractivity contribution in [3.63, 3.8) is 0 Å². The summed E-state index contributed by atoms with van der Waals surface area (Å²) in [5, 5.41) is 2.71. The molecule has 1 saturated heterocycles. The average molecular weight is 482 g/mol. The molecule has 0 unspecified atom stereocenters. The van der Waals surface area contributed by atoms with E-state index in [4.69, 9.17) is 0 Å². The van der Waals surface area contributed by atoms with Gasteiger partial charge in [-0.2, -0.15) is 26.3 Å². The minimum absolute atomic E-state index is 0.00700. The van der Waals surface area contributed by atoms with Crippen molar-refractivity contribution in [1.82, 2.24) is 10.2 Å². The van der Waals surface area contributed by atoms with Gasteiger partial charge in [-0.05, 0) is 49.1 Å². The Balaban J connectivity index is 1.59. The Bertz CT molecular complexity index is 1130. The maximum absolute atomic E-state index is 13.2. The molecule has 0 aliphatic carbocycles. The normalized spacial score (nSPS) is 18.1. The number of likely N-dealkylation sites (tertiary alicyclic amines) is 1. The molecule has 2 aliphatic heterocycles. The Hall–Kier alpha value is -3.30. The Morgan fingerprint density at radius 1 is 0.912 bits per heavy atom. The molecule has 4 nitrogen and oxygen atoms in total. The molecule has 0 bridgehead atoms. The second-order valence-electron chi connectivity index (χ2n) is 8.57. The number of carbonyl (C=O) groups excluding carboxylic acids is 2. The van der Waals surface area contributed by atoms with Gasteiger partial charge in [-0.15, -0.1) is 0 Å². The monoisotopic (exact) mass is 482 g/mol. The number of hydrogen-bond acceptors (Lipinski definition) is 2. The van der Waals surface area contributed by atoms with E-state index in [1.165, 1.54) is 4.90 Å². The van der Waals surface area contributed by atoms with Crippen LogP contribution in [0.4, 0.5) is 26.3 Å². The van der Waals surface area contributed by atoms with Crippen LogP contribution in [-0.2, 0) is 17.1 Å². The summed E-state index contributed by atoms with van der Waals surface area (Å²) in [5.74, 6) is -1.18. The molecule has 4 rings (SSSR count). The molecule has 1 N–H and O–H groups in total. The number of amides is 2. The van der Waals surface area contributed by atoms with Crippen LogP contribution >= 0.6 is 0 Å². The summed E-state index contributed by atoms with van der Waals surface area (Å²) in [6, 6.07) is 8.41. The van der Waals surface area contributed by atoms with Gasteiger partial charge in [-0.1, -0.05) is 29.8 Å². The molecule has 2 heterocycles. The summed E-state index contributed by atoms with van der Waals surface area (Å²) in [5.41, 5.74) is -2.08. The highest BCUT2D eigenvalue weighted by Gasteiger charge is 2.48. The number of halogens is 6. The van der Waals surface area contributed by atoms with Gasteiger partial charge < -0.3 is 10.2 Å². The fraction of sp³-hybridized carbons (Fsp3) is 0.333. The Morgan fingerprint density at radius 3 is 1.94 bits per heavy atom. The average Bonchev–Trinajstić information content (AvgIpc) is 3.08. The van der Waals surface area contributed by atoms with E-state index in [9.17, 15) is 35.9 Å². The second kappa shape index (κ2) is 8.18. The van der Waals surface area contributed by atoms with Crippen molar-refractivity contribution in [1.29, 1.82) is 0 Å². The van der Waals surface area contributed by atoms with Crippen LogP contribution in [0, 0.1) is 12.3 Å². The third-order valence-corrected chi connectivity index (χ3v) is 6.40. The molecular weight excluding hydrogens is 462 g/mol. The summed E-state index contributed by atoms with van der Waals surface area (Å²) in [6.07, 6.45) is -8.09. The van der Waals surface area contributed by atoms with Gasteiger partial charge in [0.15, 0.2) is 0 Å². The van der Waals surface area contributed by atoms with Crippen molar-refractivity contribution in [2.75, 3.05) is 13.1 Å². The summed E-state index contributed by atoms with van der Waals surface area (Å²) in [4.78, 5) is 26.8. The summed E-state index contributed by atoms with van der Waals surface area (Å²) < 4.78 is 79.0. The second-order valence-corrected chi connectivity index (χ2v) is 8.57. The van der Waals surface area contributed by atoms with E-state index in [0.717, 1.165) is 16.7 Å². The van der Waals surface area contributed by atoms with E-state index in [2.05, 4.69) is 5.32 Å². The number of piperidine rings is 1. The predicted molar refractivity (Wildman–Crippen MR) is 111 cm³/mol. The number of nitrogens with one attached hydrogen (secondary N) is 1. The van der Waals surface area contributed by atoms with Gasteiger partial charge in [-0.25, -0.2) is 0 Å². The zero-order valence-electron chi connectivity index (χ0n) is 18.0. The van der Waals surface area contributed by atoms with Gasteiger partial charge in [0.2, 0.25) is 5.91 Å². The highest BCUT2D eigenvalue weighted by atomic mass is 19.4. The van der Waals surface area contributed by atoms with Crippen LogP contribution in [0.2, 0.25) is 0 Å². The third kappa shape index (κ3) is 4.28. The largest absolute Gasteiger partial charge is 0.416 e. The standard InChI is InChI=1S/C24H20F6N2O2/c1-14-2-4-15(5-3-14)19-13-31-21(34)22(19)6-8-32(9-7-22)20(33)16-10-17(23(25,26)27)12-18(11-16)24(28,29)30/h2-5,10-13H,6-9H2,1H3,(H,31,34). The van der Waals surface area contributed by atoms with Gasteiger partial charge in [0.25, 0.3) is 5.91 Å². The van der Waals surface area contributed by atoms with E-state index in [-0.39, 0.29) is 37.9 Å². The van der Waals surface area contributed by atoms with Crippen molar-refractivity contribution in [2.24, 2.45) is 5.41 Å². The van der Waals surface area contributed by atoms with E-state index in [0.29, 0.717) is 12.1 Å². The fourth-order valence-corrected chi connectivity index (χ4v) is 4.48. The fourth-order valence-electron chi connectivity index (χ4n) is 4.48. The van der Waals surface area contributed by atoms with Gasteiger partial charge in [-0.3, -0.25) is 9.59 Å². The lowest BCUT2D eigenvalue weighted by molar-refractivity contribution is -0.143. The van der Waals surface area contributed by atoms with Crippen molar-refractivity contribution >= 4 is 17.4 Å². The summed E-state index contributed by atoms with van der Waals surface area (Å²) in [6.45, 7) is 1.94. The molecule has 2 aromatic carbocycles. The van der Waals surface area contributed by atoms with E-state index >= 15 is 0 Å². The Morgan fingerprint density at radius 2 is 1.44 bits per heavy atom. The topological polar surface area (TPSA) is 49.4 Å². The quantitative estimate of drug-likeness (QED) is 0.581. The van der Waals surface area contributed by atoms with Gasteiger partial charge >= 0.3 is 12.4 Å². The number of alkyl halides is 6. The van der Waals surface area contributed by atoms with E-state index in [1.807, 2.05) is 31.2 Å². The number of benzene rings is 2. The highest BCUT2D eigenvalue weighted by molar-refractivity contribution is 6.02. The molecule has 180 valence electrons. The lowest BCUT2D eigenvalue weighted by Crippen LogP contribution is -2.47. The molecule has 2 amide bonds. The molecule has 1 spiro atoms. The molecule has 0 aromatic heterocycles. The minimum atomic E-state index is -5.04. The van der Waals surface area contributed by atoms with Crippen LogP contribution in [-0.4, -0.2) is 29.8 Å². The van der Waals surface area contributed by atoms with Crippen molar-refractivity contribution in [3.8, 4) is 0 Å². The van der Waals surface area contributed by atoms with E-state index in [1.54, 1.807) is 6.20 Å². The molecule has 0 atom stereocenters. The molecular formula is C24H20F6N2O2. The maximum atomic E-state index is 13.2. The first-order valence-corrected chi connectivity index (χ1v) is 10.5. The summed E-state index contributed by atoms with van der Waals surface area (Å²) in [7, 11) is 0. The molecule has 2 aromatic rings.